The van der Waals surface area contributed by atoms with E-state index in [-0.39, 0.29) is 0 Å². The fourth-order valence-corrected chi connectivity index (χ4v) is 21.3. The Balaban J connectivity index is 1.69. The largest absolute Gasteiger partial charge is 0.421 e. The lowest BCUT2D eigenvalue weighted by Crippen LogP contribution is -2.72. The standard InChI is InChI=1S/C27H26OSi3/c1-30(2)14-13-28-29-31(30,3)27-10-6-9-21-16-23-12-11-22-15-19-7-4-5-8-20(19)17-24(22)25(23)18-26(21)27/h4-12,15-18H,13-14H2,1-3H3. The van der Waals surface area contributed by atoms with E-state index >= 15 is 0 Å². The SMILES string of the molecule is C[Si]1(C)CCO[Si][Si]1(C)c1cccc2cc3ccc4cc5ccccc5cc4c3cc12. The summed E-state index contributed by atoms with van der Waals surface area (Å²) in [5.41, 5.74) is 0. The predicted octanol–water partition coefficient (Wildman–Crippen LogP) is 6.52. The Hall–Kier alpha value is -2.25. The van der Waals surface area contributed by atoms with Crippen molar-refractivity contribution in [3.8, 4) is 0 Å². The number of fused-ring (bicyclic) bond motifs is 5. The Morgan fingerprint density at radius 1 is 0.645 bits per heavy atom. The van der Waals surface area contributed by atoms with Crippen LogP contribution in [0.5, 0.6) is 0 Å². The first-order chi connectivity index (χ1) is 15.0. The average Bonchev–Trinajstić information content (AvgIpc) is 2.78. The van der Waals surface area contributed by atoms with E-state index in [2.05, 4.69) is 98.5 Å². The predicted molar refractivity (Wildman–Crippen MR) is 142 cm³/mol. The molecule has 0 bridgehead atoms. The van der Waals surface area contributed by atoms with Gasteiger partial charge in [-0.1, -0.05) is 79.4 Å². The molecule has 5 aromatic carbocycles. The summed E-state index contributed by atoms with van der Waals surface area (Å²) in [5.74, 6) is 0. The van der Waals surface area contributed by atoms with Gasteiger partial charge in [-0.15, -0.1) is 0 Å². The van der Waals surface area contributed by atoms with Crippen LogP contribution in [0, 0.1) is 0 Å². The van der Waals surface area contributed by atoms with Crippen molar-refractivity contribution in [2.24, 2.45) is 0 Å². The summed E-state index contributed by atoms with van der Waals surface area (Å²) in [4.78, 5) is 0. The molecular formula is C27H26OSi3. The molecule has 2 radical (unpaired) electrons. The van der Waals surface area contributed by atoms with Gasteiger partial charge in [-0.2, -0.15) is 0 Å². The minimum atomic E-state index is -1.66. The maximum absolute atomic E-state index is 6.15. The normalized spacial score (nSPS) is 21.3. The van der Waals surface area contributed by atoms with Crippen LogP contribution in [0.25, 0.3) is 43.1 Å². The highest BCUT2D eigenvalue weighted by Crippen LogP contribution is 2.34. The summed E-state index contributed by atoms with van der Waals surface area (Å²) in [6.07, 6.45) is 0. The molecule has 0 aliphatic carbocycles. The monoisotopic (exact) mass is 450 g/mol. The van der Waals surface area contributed by atoms with Gasteiger partial charge in [0, 0.05) is 14.2 Å². The van der Waals surface area contributed by atoms with Crippen molar-refractivity contribution in [2.45, 2.75) is 25.7 Å². The van der Waals surface area contributed by atoms with E-state index in [1.54, 1.807) is 5.19 Å². The molecule has 5 aromatic rings. The van der Waals surface area contributed by atoms with Gasteiger partial charge in [0.05, 0.1) is 0 Å². The van der Waals surface area contributed by atoms with Crippen LogP contribution < -0.4 is 5.19 Å². The molecule has 0 aromatic heterocycles. The Kier molecular flexibility index (Phi) is 4.31. The van der Waals surface area contributed by atoms with E-state index in [4.69, 9.17) is 4.43 Å². The van der Waals surface area contributed by atoms with E-state index < -0.39 is 14.7 Å². The molecule has 6 rings (SSSR count). The lowest BCUT2D eigenvalue weighted by molar-refractivity contribution is 0.364. The van der Waals surface area contributed by atoms with Crippen molar-refractivity contribution in [3.63, 3.8) is 0 Å². The molecule has 0 spiro atoms. The van der Waals surface area contributed by atoms with Crippen LogP contribution in [0.1, 0.15) is 0 Å². The fourth-order valence-electron chi connectivity index (χ4n) is 5.27. The molecule has 1 aliphatic heterocycles. The number of hydrogen-bond donors (Lipinski definition) is 0. The van der Waals surface area contributed by atoms with Crippen molar-refractivity contribution < 1.29 is 4.43 Å². The van der Waals surface area contributed by atoms with Gasteiger partial charge in [-0.05, 0) is 73.4 Å². The third-order valence-corrected chi connectivity index (χ3v) is 33.3. The summed E-state index contributed by atoms with van der Waals surface area (Å²) in [6, 6.07) is 31.2. The van der Waals surface area contributed by atoms with Crippen molar-refractivity contribution >= 4 is 72.3 Å². The van der Waals surface area contributed by atoms with Crippen molar-refractivity contribution in [1.29, 1.82) is 0 Å². The summed E-state index contributed by atoms with van der Waals surface area (Å²) in [7, 11) is -2.31. The van der Waals surface area contributed by atoms with Crippen molar-refractivity contribution in [2.75, 3.05) is 6.61 Å². The lowest BCUT2D eigenvalue weighted by atomic mass is 9.96. The molecule has 1 heterocycles. The van der Waals surface area contributed by atoms with Gasteiger partial charge in [0.1, 0.15) is 7.11 Å². The molecule has 1 saturated heterocycles. The second kappa shape index (κ2) is 6.87. The Bertz CT molecular complexity index is 1490. The highest BCUT2D eigenvalue weighted by Gasteiger charge is 2.50. The van der Waals surface area contributed by atoms with Gasteiger partial charge in [-0.25, -0.2) is 0 Å². The average molecular weight is 451 g/mol. The van der Waals surface area contributed by atoms with Crippen LogP contribution in [-0.4, -0.2) is 30.6 Å². The molecule has 0 amide bonds. The second-order valence-corrected chi connectivity index (χ2v) is 29.5. The third-order valence-electron chi connectivity index (χ3n) is 7.70. The van der Waals surface area contributed by atoms with Gasteiger partial charge in [-0.3, -0.25) is 0 Å². The molecule has 152 valence electrons. The molecule has 31 heavy (non-hydrogen) atoms. The van der Waals surface area contributed by atoms with E-state index in [9.17, 15) is 0 Å². The van der Waals surface area contributed by atoms with Gasteiger partial charge in [0.2, 0.25) is 9.28 Å². The molecular weight excluding hydrogens is 425 g/mol. The zero-order chi connectivity index (χ0) is 21.2. The minimum absolute atomic E-state index is 0.684. The van der Waals surface area contributed by atoms with Crippen LogP contribution in [-0.2, 0) is 4.43 Å². The minimum Gasteiger partial charge on any atom is -0.421 e. The van der Waals surface area contributed by atoms with Gasteiger partial charge in [0.25, 0.3) is 0 Å². The molecule has 1 nitrogen and oxygen atoms in total. The quantitative estimate of drug-likeness (QED) is 0.160. The Labute approximate surface area is 187 Å². The topological polar surface area (TPSA) is 9.23 Å². The Morgan fingerprint density at radius 2 is 1.26 bits per heavy atom. The van der Waals surface area contributed by atoms with Crippen molar-refractivity contribution in [1.82, 2.24) is 0 Å². The first-order valence-corrected chi connectivity index (χ1v) is 19.8. The fraction of sp³-hybridized carbons (Fsp3) is 0.185. The van der Waals surface area contributed by atoms with Crippen LogP contribution in [0.3, 0.4) is 0 Å². The van der Waals surface area contributed by atoms with E-state index in [0.29, 0.717) is 9.28 Å². The molecule has 0 saturated carbocycles. The molecule has 1 unspecified atom stereocenters. The van der Waals surface area contributed by atoms with Gasteiger partial charge < -0.3 is 4.43 Å². The maximum Gasteiger partial charge on any atom is 0.215 e. The summed E-state index contributed by atoms with van der Waals surface area (Å²) in [6.45, 7) is 8.78. The molecule has 0 N–H and O–H groups in total. The number of hydrogen-bond acceptors (Lipinski definition) is 1. The van der Waals surface area contributed by atoms with Gasteiger partial charge in [0.15, 0.2) is 0 Å². The number of rotatable bonds is 1. The van der Waals surface area contributed by atoms with Gasteiger partial charge >= 0.3 is 0 Å². The molecule has 4 heteroatoms. The van der Waals surface area contributed by atoms with Crippen LogP contribution >= 0.6 is 0 Å². The summed E-state index contributed by atoms with van der Waals surface area (Å²) < 4.78 is 6.15. The van der Waals surface area contributed by atoms with Crippen LogP contribution in [0.4, 0.5) is 0 Å². The molecule has 1 atom stereocenters. The summed E-state index contributed by atoms with van der Waals surface area (Å²) in [5, 5.41) is 12.5. The Morgan fingerprint density at radius 3 is 2.00 bits per heavy atom. The van der Waals surface area contributed by atoms with E-state index in [1.165, 1.54) is 49.1 Å². The smallest absolute Gasteiger partial charge is 0.215 e. The summed E-state index contributed by atoms with van der Waals surface area (Å²) >= 11 is 0. The highest BCUT2D eigenvalue weighted by atomic mass is 29.6. The lowest BCUT2D eigenvalue weighted by Gasteiger charge is -2.44. The number of benzene rings is 5. The maximum atomic E-state index is 6.15. The zero-order valence-corrected chi connectivity index (χ0v) is 21.3. The molecule has 1 aliphatic rings. The third kappa shape index (κ3) is 2.89. The molecule has 1 fully saturated rings. The zero-order valence-electron chi connectivity index (χ0n) is 18.3. The first kappa shape index (κ1) is 19.4. The second-order valence-electron chi connectivity index (χ2n) is 9.80. The first-order valence-electron chi connectivity index (χ1n) is 11.1. The van der Waals surface area contributed by atoms with E-state index in [0.717, 1.165) is 6.61 Å². The van der Waals surface area contributed by atoms with Crippen LogP contribution in [0.15, 0.2) is 78.9 Å². The van der Waals surface area contributed by atoms with Crippen molar-refractivity contribution in [3.05, 3.63) is 78.9 Å². The highest BCUT2D eigenvalue weighted by molar-refractivity contribution is 7.64. The van der Waals surface area contributed by atoms with Crippen LogP contribution in [0.2, 0.25) is 25.7 Å². The van der Waals surface area contributed by atoms with E-state index in [1.807, 2.05) is 0 Å².